The second-order valence-electron chi connectivity index (χ2n) is 5.94. The van der Waals surface area contributed by atoms with Crippen molar-refractivity contribution in [1.82, 2.24) is 4.90 Å². The van der Waals surface area contributed by atoms with Crippen LogP contribution in [0.5, 0.6) is 5.75 Å². The average molecular weight is 340 g/mol. The van der Waals surface area contributed by atoms with Crippen molar-refractivity contribution in [3.05, 3.63) is 24.3 Å². The largest absolute Gasteiger partial charge is 0.485 e. The minimum atomic E-state index is -3.39. The van der Waals surface area contributed by atoms with Crippen molar-refractivity contribution in [2.75, 3.05) is 37.8 Å². The Morgan fingerprint density at radius 2 is 2.09 bits per heavy atom. The van der Waals surface area contributed by atoms with Gasteiger partial charge in [0.15, 0.2) is 9.84 Å². The van der Waals surface area contributed by atoms with E-state index in [1.807, 2.05) is 24.3 Å². The number of carbonyl (C=O) groups excluding carboxylic acids is 1. The number of likely N-dealkylation sites (N-methyl/N-ethyl adjacent to an activating group) is 2. The zero-order chi connectivity index (χ0) is 17.2. The van der Waals surface area contributed by atoms with Crippen molar-refractivity contribution in [2.24, 2.45) is 0 Å². The molecule has 0 spiro atoms. The van der Waals surface area contributed by atoms with Gasteiger partial charge in [0.1, 0.15) is 17.1 Å². The number of nitrogens with zero attached hydrogens (tertiary/aromatic N) is 2. The Labute approximate surface area is 137 Å². The van der Waals surface area contributed by atoms with Gasteiger partial charge in [-0.1, -0.05) is 12.1 Å². The average Bonchev–Trinajstić information content (AvgIpc) is 2.51. The third-order valence-electron chi connectivity index (χ3n) is 4.15. The normalized spacial score (nSPS) is 18.8. The highest BCUT2D eigenvalue weighted by Crippen LogP contribution is 2.32. The van der Waals surface area contributed by atoms with Crippen LogP contribution in [0.4, 0.5) is 5.69 Å². The number of hydrogen-bond acceptors (Lipinski definition) is 5. The third-order valence-corrected chi connectivity index (χ3v) is 5.64. The Balaban J connectivity index is 2.08. The standard InChI is InChI=1S/C16H24N2O4S/c1-5-18-11-13(22-15-9-7-6-8-14(15)18)10-17(3)16(19)12(2)23(4,20)21/h6-9,12-13H,5,10-11H2,1-4H3/t12-,13+/m0/s1. The van der Waals surface area contributed by atoms with Gasteiger partial charge in [-0.25, -0.2) is 8.42 Å². The van der Waals surface area contributed by atoms with Gasteiger partial charge in [-0.05, 0) is 26.0 Å². The van der Waals surface area contributed by atoms with E-state index in [1.165, 1.54) is 11.8 Å². The van der Waals surface area contributed by atoms with Gasteiger partial charge in [-0.2, -0.15) is 0 Å². The van der Waals surface area contributed by atoms with Crippen molar-refractivity contribution in [2.45, 2.75) is 25.2 Å². The fraction of sp³-hybridized carbons (Fsp3) is 0.562. The number of ether oxygens (including phenoxy) is 1. The number of amides is 1. The summed E-state index contributed by atoms with van der Waals surface area (Å²) in [6.45, 7) is 5.35. The van der Waals surface area contributed by atoms with Crippen molar-refractivity contribution in [1.29, 1.82) is 0 Å². The zero-order valence-corrected chi connectivity index (χ0v) is 14.8. The van der Waals surface area contributed by atoms with Gasteiger partial charge < -0.3 is 14.5 Å². The maximum Gasteiger partial charge on any atom is 0.240 e. The van der Waals surface area contributed by atoms with Gasteiger partial charge in [0.2, 0.25) is 5.91 Å². The number of anilines is 1. The molecule has 0 bridgehead atoms. The molecule has 128 valence electrons. The van der Waals surface area contributed by atoms with Crippen LogP contribution in [0.15, 0.2) is 24.3 Å². The molecule has 0 fully saturated rings. The van der Waals surface area contributed by atoms with Crippen LogP contribution < -0.4 is 9.64 Å². The molecule has 2 atom stereocenters. The molecular weight excluding hydrogens is 316 g/mol. The Morgan fingerprint density at radius 3 is 2.70 bits per heavy atom. The van der Waals surface area contributed by atoms with Gasteiger partial charge in [-0.3, -0.25) is 4.79 Å². The first-order valence-electron chi connectivity index (χ1n) is 7.68. The monoisotopic (exact) mass is 340 g/mol. The molecule has 1 heterocycles. The Morgan fingerprint density at radius 1 is 1.43 bits per heavy atom. The zero-order valence-electron chi connectivity index (χ0n) is 14.0. The van der Waals surface area contributed by atoms with Crippen molar-refractivity contribution in [3.8, 4) is 5.75 Å². The number of hydrogen-bond donors (Lipinski definition) is 0. The number of carbonyl (C=O) groups is 1. The van der Waals surface area contributed by atoms with Crippen LogP contribution in [0.1, 0.15) is 13.8 Å². The molecule has 2 rings (SSSR count). The summed E-state index contributed by atoms with van der Waals surface area (Å²) in [6, 6.07) is 7.80. The molecule has 1 aromatic carbocycles. The molecule has 0 saturated heterocycles. The smallest absolute Gasteiger partial charge is 0.240 e. The summed E-state index contributed by atoms with van der Waals surface area (Å²) < 4.78 is 29.1. The quantitative estimate of drug-likeness (QED) is 0.805. The highest BCUT2D eigenvalue weighted by molar-refractivity contribution is 7.92. The molecule has 0 unspecified atom stereocenters. The molecule has 1 aliphatic heterocycles. The van der Waals surface area contributed by atoms with Gasteiger partial charge in [-0.15, -0.1) is 0 Å². The summed E-state index contributed by atoms with van der Waals surface area (Å²) >= 11 is 0. The van der Waals surface area contributed by atoms with E-state index in [1.54, 1.807) is 7.05 Å². The van der Waals surface area contributed by atoms with Gasteiger partial charge in [0, 0.05) is 19.8 Å². The van der Waals surface area contributed by atoms with Crippen molar-refractivity contribution in [3.63, 3.8) is 0 Å². The lowest BCUT2D eigenvalue weighted by Crippen LogP contribution is -2.49. The number of rotatable bonds is 5. The second kappa shape index (κ2) is 6.78. The summed E-state index contributed by atoms with van der Waals surface area (Å²) in [5.74, 6) is 0.389. The minimum Gasteiger partial charge on any atom is -0.485 e. The maximum absolute atomic E-state index is 12.2. The highest BCUT2D eigenvalue weighted by Gasteiger charge is 2.30. The van der Waals surface area contributed by atoms with E-state index in [0.29, 0.717) is 13.1 Å². The highest BCUT2D eigenvalue weighted by atomic mass is 32.2. The predicted octanol–water partition coefficient (Wildman–Crippen LogP) is 1.17. The summed E-state index contributed by atoms with van der Waals surface area (Å²) in [6.07, 6.45) is 0.890. The van der Waals surface area contributed by atoms with Crippen LogP contribution in [0.2, 0.25) is 0 Å². The SMILES string of the molecule is CCN1C[C@@H](CN(C)C(=O)[C@H](C)S(C)(=O)=O)Oc2ccccc21. The minimum absolute atomic E-state index is 0.189. The van der Waals surface area contributed by atoms with Crippen LogP contribution in [-0.2, 0) is 14.6 Å². The lowest BCUT2D eigenvalue weighted by Gasteiger charge is -2.37. The lowest BCUT2D eigenvalue weighted by molar-refractivity contribution is -0.130. The first-order chi connectivity index (χ1) is 10.7. The second-order valence-corrected chi connectivity index (χ2v) is 8.30. The molecule has 0 radical (unpaired) electrons. The van der Waals surface area contributed by atoms with E-state index >= 15 is 0 Å². The van der Waals surface area contributed by atoms with Crippen molar-refractivity contribution >= 4 is 21.4 Å². The predicted molar refractivity (Wildman–Crippen MR) is 90.7 cm³/mol. The number of sulfone groups is 1. The Hall–Kier alpha value is -1.76. The van der Waals surface area contributed by atoms with Crippen LogP contribution in [0, 0.1) is 0 Å². The fourth-order valence-electron chi connectivity index (χ4n) is 2.66. The maximum atomic E-state index is 12.2. The molecule has 1 aromatic rings. The summed E-state index contributed by atoms with van der Waals surface area (Å²) in [4.78, 5) is 15.9. The summed E-state index contributed by atoms with van der Waals surface area (Å²) in [5.41, 5.74) is 1.05. The lowest BCUT2D eigenvalue weighted by atomic mass is 10.2. The van der Waals surface area contributed by atoms with Crippen LogP contribution in [0.25, 0.3) is 0 Å². The fourth-order valence-corrected chi connectivity index (χ4v) is 3.21. The first kappa shape index (κ1) is 17.6. The van der Waals surface area contributed by atoms with E-state index in [4.69, 9.17) is 4.74 Å². The van der Waals surface area contributed by atoms with Gasteiger partial charge in [0.25, 0.3) is 0 Å². The molecule has 7 heteroatoms. The van der Waals surface area contributed by atoms with Crippen LogP contribution >= 0.6 is 0 Å². The molecule has 0 aliphatic carbocycles. The number of benzene rings is 1. The molecule has 0 saturated carbocycles. The van der Waals surface area contributed by atoms with Gasteiger partial charge in [0.05, 0.1) is 18.8 Å². The van der Waals surface area contributed by atoms with Crippen LogP contribution in [0.3, 0.4) is 0 Å². The first-order valence-corrected chi connectivity index (χ1v) is 9.64. The van der Waals surface area contributed by atoms with E-state index in [2.05, 4.69) is 11.8 Å². The topological polar surface area (TPSA) is 66.9 Å². The molecular formula is C16H24N2O4S. The number of para-hydroxylation sites is 2. The van der Waals surface area contributed by atoms with E-state index in [-0.39, 0.29) is 6.10 Å². The molecule has 0 N–H and O–H groups in total. The molecule has 1 amide bonds. The van der Waals surface area contributed by atoms with E-state index < -0.39 is 21.0 Å². The summed E-state index contributed by atoms with van der Waals surface area (Å²) in [5, 5.41) is -1.04. The van der Waals surface area contributed by atoms with E-state index in [9.17, 15) is 13.2 Å². The Bertz CT molecular complexity index is 674. The van der Waals surface area contributed by atoms with E-state index in [0.717, 1.165) is 24.2 Å². The van der Waals surface area contributed by atoms with Gasteiger partial charge >= 0.3 is 0 Å². The molecule has 0 aromatic heterocycles. The summed E-state index contributed by atoms with van der Waals surface area (Å²) in [7, 11) is -1.78. The van der Waals surface area contributed by atoms with Crippen molar-refractivity contribution < 1.29 is 17.9 Å². The Kier molecular flexibility index (Phi) is 5.19. The molecule has 23 heavy (non-hydrogen) atoms. The molecule has 6 nitrogen and oxygen atoms in total. The van der Waals surface area contributed by atoms with Crippen LogP contribution in [-0.4, -0.2) is 63.5 Å². The third kappa shape index (κ3) is 3.96. The molecule has 1 aliphatic rings. The number of fused-ring (bicyclic) bond motifs is 1.